The summed E-state index contributed by atoms with van der Waals surface area (Å²) in [6, 6.07) is 14.9. The molecule has 2 N–H and O–H groups in total. The summed E-state index contributed by atoms with van der Waals surface area (Å²) >= 11 is 0. The van der Waals surface area contributed by atoms with Crippen molar-refractivity contribution in [3.05, 3.63) is 106 Å². The van der Waals surface area contributed by atoms with Crippen LogP contribution in [0.15, 0.2) is 79.4 Å². The average molecular weight is 443 g/mol. The van der Waals surface area contributed by atoms with E-state index in [1.165, 1.54) is 18.2 Å². The molecule has 0 saturated heterocycles. The van der Waals surface area contributed by atoms with Crippen LogP contribution >= 0.6 is 0 Å². The van der Waals surface area contributed by atoms with E-state index in [-0.39, 0.29) is 17.3 Å². The van der Waals surface area contributed by atoms with E-state index in [9.17, 15) is 14.9 Å². The molecule has 0 aliphatic heterocycles. The Bertz CT molecular complexity index is 1260. The molecule has 10 nitrogen and oxygen atoms in total. The van der Waals surface area contributed by atoms with Crippen LogP contribution in [0.4, 0.5) is 17.2 Å². The number of hydrogen-bond acceptors (Lipinski definition) is 7. The van der Waals surface area contributed by atoms with E-state index in [0.717, 1.165) is 11.3 Å². The van der Waals surface area contributed by atoms with Gasteiger partial charge in [0.15, 0.2) is 5.82 Å². The molecule has 1 aromatic carbocycles. The first-order valence-corrected chi connectivity index (χ1v) is 10.2. The lowest BCUT2D eigenvalue weighted by atomic mass is 10.1. The molecule has 0 saturated carbocycles. The highest BCUT2D eigenvalue weighted by Gasteiger charge is 2.20. The van der Waals surface area contributed by atoms with Crippen LogP contribution in [0.25, 0.3) is 0 Å². The predicted octanol–water partition coefficient (Wildman–Crippen LogP) is 4.06. The van der Waals surface area contributed by atoms with Crippen molar-refractivity contribution in [1.29, 1.82) is 0 Å². The van der Waals surface area contributed by atoms with E-state index in [1.807, 2.05) is 31.2 Å². The number of nitrogens with zero attached hydrogens (tertiary/aromatic N) is 5. The fourth-order valence-corrected chi connectivity index (χ4v) is 3.27. The second-order valence-electron chi connectivity index (χ2n) is 7.32. The van der Waals surface area contributed by atoms with Gasteiger partial charge in [-0.2, -0.15) is 5.10 Å². The van der Waals surface area contributed by atoms with E-state index in [2.05, 4.69) is 25.7 Å². The number of amides is 1. The van der Waals surface area contributed by atoms with Crippen molar-refractivity contribution < 1.29 is 9.72 Å². The molecule has 3 heterocycles. The Kier molecular flexibility index (Phi) is 6.35. The number of nitro groups is 1. The normalized spacial score (nSPS) is 11.5. The van der Waals surface area contributed by atoms with Crippen molar-refractivity contribution in [3.63, 3.8) is 0 Å². The molecular weight excluding hydrogens is 422 g/mol. The minimum Gasteiger partial charge on any atom is -0.371 e. The molecule has 10 heteroatoms. The maximum atomic E-state index is 12.7. The van der Waals surface area contributed by atoms with E-state index in [0.29, 0.717) is 18.1 Å². The van der Waals surface area contributed by atoms with Crippen LogP contribution in [0.1, 0.15) is 34.6 Å². The van der Waals surface area contributed by atoms with Gasteiger partial charge in [0.05, 0.1) is 23.2 Å². The Morgan fingerprint density at radius 3 is 2.76 bits per heavy atom. The van der Waals surface area contributed by atoms with Crippen LogP contribution in [-0.4, -0.2) is 30.6 Å². The zero-order valence-electron chi connectivity index (χ0n) is 17.8. The molecule has 4 aromatic rings. The fraction of sp³-hybridized carbons (Fsp3) is 0.130. The molecule has 3 aromatic heterocycles. The molecule has 0 spiro atoms. The smallest absolute Gasteiger partial charge is 0.293 e. The van der Waals surface area contributed by atoms with Gasteiger partial charge in [-0.3, -0.25) is 29.6 Å². The Morgan fingerprint density at radius 1 is 1.15 bits per heavy atom. The first kappa shape index (κ1) is 21.6. The molecule has 4 rings (SSSR count). The molecule has 0 aliphatic rings. The molecule has 166 valence electrons. The topological polar surface area (TPSA) is 128 Å². The number of aromatic nitrogens is 4. The molecule has 0 bridgehead atoms. The van der Waals surface area contributed by atoms with Gasteiger partial charge in [-0.1, -0.05) is 12.1 Å². The molecule has 1 amide bonds. The average Bonchev–Trinajstić information content (AvgIpc) is 3.26. The van der Waals surface area contributed by atoms with Crippen LogP contribution in [0.5, 0.6) is 0 Å². The van der Waals surface area contributed by atoms with E-state index >= 15 is 0 Å². The van der Waals surface area contributed by atoms with Gasteiger partial charge in [0.1, 0.15) is 5.69 Å². The summed E-state index contributed by atoms with van der Waals surface area (Å²) in [7, 11) is 0. The second-order valence-corrected chi connectivity index (χ2v) is 7.32. The molecular formula is C23H21N7O3. The number of pyridine rings is 2. The third-order valence-corrected chi connectivity index (χ3v) is 4.91. The van der Waals surface area contributed by atoms with Crippen LogP contribution in [0.3, 0.4) is 0 Å². The first-order valence-electron chi connectivity index (χ1n) is 10.2. The highest BCUT2D eigenvalue weighted by Crippen LogP contribution is 2.29. The highest BCUT2D eigenvalue weighted by molar-refractivity contribution is 6.04. The van der Waals surface area contributed by atoms with Crippen LogP contribution in [0.2, 0.25) is 0 Å². The monoisotopic (exact) mass is 443 g/mol. The number of anilines is 2. The maximum absolute atomic E-state index is 12.7. The minimum atomic E-state index is -0.521. The second kappa shape index (κ2) is 9.69. The number of carbonyl (C=O) groups is 1. The van der Waals surface area contributed by atoms with Gasteiger partial charge in [-0.15, -0.1) is 0 Å². The van der Waals surface area contributed by atoms with E-state index in [4.69, 9.17) is 0 Å². The number of nitrogens with one attached hydrogen (secondary N) is 2. The van der Waals surface area contributed by atoms with Crippen LogP contribution in [-0.2, 0) is 6.54 Å². The summed E-state index contributed by atoms with van der Waals surface area (Å²) in [5, 5.41) is 21.7. The number of hydrogen-bond donors (Lipinski definition) is 2. The van der Waals surface area contributed by atoms with E-state index in [1.54, 1.807) is 41.6 Å². The van der Waals surface area contributed by atoms with Gasteiger partial charge in [0.2, 0.25) is 0 Å². The molecule has 0 aliphatic carbocycles. The van der Waals surface area contributed by atoms with Gasteiger partial charge in [0, 0.05) is 42.5 Å². The van der Waals surface area contributed by atoms with Crippen molar-refractivity contribution in [2.24, 2.45) is 0 Å². The summed E-state index contributed by atoms with van der Waals surface area (Å²) in [5.74, 6) is -0.147. The Hall–Kier alpha value is -4.60. The summed E-state index contributed by atoms with van der Waals surface area (Å²) < 4.78 is 1.67. The molecule has 0 fully saturated rings. The fourth-order valence-electron chi connectivity index (χ4n) is 3.27. The predicted molar refractivity (Wildman–Crippen MR) is 123 cm³/mol. The maximum Gasteiger partial charge on any atom is 0.293 e. The number of benzene rings is 1. The Balaban J connectivity index is 1.47. The first-order chi connectivity index (χ1) is 16.0. The lowest BCUT2D eigenvalue weighted by Gasteiger charge is -2.15. The van der Waals surface area contributed by atoms with Crippen molar-refractivity contribution in [2.75, 3.05) is 10.6 Å². The van der Waals surface area contributed by atoms with Gasteiger partial charge in [0.25, 0.3) is 11.6 Å². The Labute approximate surface area is 189 Å². The van der Waals surface area contributed by atoms with Gasteiger partial charge in [-0.05, 0) is 42.8 Å². The summed E-state index contributed by atoms with van der Waals surface area (Å²) in [6.07, 6.45) is 6.82. The van der Waals surface area contributed by atoms with Crippen molar-refractivity contribution in [3.8, 4) is 0 Å². The number of nitro benzene ring substituents is 1. The summed E-state index contributed by atoms with van der Waals surface area (Å²) in [6.45, 7) is 2.36. The molecule has 1 unspecified atom stereocenters. The number of rotatable bonds is 8. The lowest BCUT2D eigenvalue weighted by molar-refractivity contribution is -0.384. The molecule has 33 heavy (non-hydrogen) atoms. The van der Waals surface area contributed by atoms with Gasteiger partial charge < -0.3 is 10.6 Å². The van der Waals surface area contributed by atoms with Crippen LogP contribution in [0, 0.1) is 10.1 Å². The van der Waals surface area contributed by atoms with E-state index < -0.39 is 10.8 Å². The Morgan fingerprint density at radius 2 is 2.03 bits per heavy atom. The lowest BCUT2D eigenvalue weighted by Crippen LogP contribution is -2.14. The van der Waals surface area contributed by atoms with Crippen molar-refractivity contribution in [1.82, 2.24) is 19.7 Å². The minimum absolute atomic E-state index is 0.152. The third kappa shape index (κ3) is 5.37. The number of carbonyl (C=O) groups excluding carboxylic acids is 1. The third-order valence-electron chi connectivity index (χ3n) is 4.91. The standard InChI is InChI=1S/C23H21N7O3/c1-16(19-6-2-3-11-25-19)26-20-8-7-18(13-21(20)30(32)33)23(31)27-22-9-12-29(28-22)15-17-5-4-10-24-14-17/h2-14,16,26H,15H2,1H3,(H,27,28,31). The zero-order chi connectivity index (χ0) is 23.2. The van der Waals surface area contributed by atoms with Gasteiger partial charge in [-0.25, -0.2) is 0 Å². The highest BCUT2D eigenvalue weighted by atomic mass is 16.6. The van der Waals surface area contributed by atoms with Gasteiger partial charge >= 0.3 is 0 Å². The zero-order valence-corrected chi connectivity index (χ0v) is 17.8. The van der Waals surface area contributed by atoms with Crippen LogP contribution < -0.4 is 10.6 Å². The molecule has 1 atom stereocenters. The molecule has 0 radical (unpaired) electrons. The summed E-state index contributed by atoms with van der Waals surface area (Å²) in [5.41, 5.74) is 1.97. The quantitative estimate of drug-likeness (QED) is 0.310. The summed E-state index contributed by atoms with van der Waals surface area (Å²) in [4.78, 5) is 32.1. The van der Waals surface area contributed by atoms with Crippen molar-refractivity contribution in [2.45, 2.75) is 19.5 Å². The van der Waals surface area contributed by atoms with Crippen molar-refractivity contribution >= 4 is 23.1 Å². The SMILES string of the molecule is CC(Nc1ccc(C(=O)Nc2ccn(Cc3cccnc3)n2)cc1[N+](=O)[O-])c1ccccn1. The largest absolute Gasteiger partial charge is 0.371 e.